The normalized spacial score (nSPS) is 10.2. The van der Waals surface area contributed by atoms with E-state index in [1.165, 1.54) is 6.07 Å². The van der Waals surface area contributed by atoms with Crippen LogP contribution in [0.3, 0.4) is 0 Å². The summed E-state index contributed by atoms with van der Waals surface area (Å²) in [4.78, 5) is 25.1. The maximum Gasteiger partial charge on any atom is 0.311 e. The van der Waals surface area contributed by atoms with Gasteiger partial charge >= 0.3 is 5.97 Å². The number of halogens is 2. The Morgan fingerprint density at radius 1 is 1.61 bits per heavy atom. The minimum Gasteiger partial charge on any atom is -0.466 e. The van der Waals surface area contributed by atoms with Gasteiger partial charge in [-0.25, -0.2) is 8.78 Å². The zero-order valence-corrected chi connectivity index (χ0v) is 9.50. The summed E-state index contributed by atoms with van der Waals surface area (Å²) in [5.74, 6) is -0.644. The van der Waals surface area contributed by atoms with Crippen molar-refractivity contribution in [3.63, 3.8) is 0 Å². The summed E-state index contributed by atoms with van der Waals surface area (Å²) in [6.07, 6.45) is -2.50. The van der Waals surface area contributed by atoms with Crippen molar-refractivity contribution in [2.75, 3.05) is 6.61 Å². The molecule has 18 heavy (non-hydrogen) atoms. The van der Waals surface area contributed by atoms with Gasteiger partial charge in [0.1, 0.15) is 11.6 Å². The smallest absolute Gasteiger partial charge is 0.311 e. The fourth-order valence-corrected chi connectivity index (χ4v) is 1.36. The first kappa shape index (κ1) is 13.8. The van der Waals surface area contributed by atoms with Crippen molar-refractivity contribution in [1.29, 1.82) is 5.26 Å². The number of hydrogen-bond acceptors (Lipinski definition) is 4. The van der Waals surface area contributed by atoms with Gasteiger partial charge in [0.05, 0.1) is 18.6 Å². The molecule has 0 saturated heterocycles. The second-order valence-electron chi connectivity index (χ2n) is 3.32. The Morgan fingerprint density at radius 2 is 2.28 bits per heavy atom. The van der Waals surface area contributed by atoms with Gasteiger partial charge in [0.15, 0.2) is 0 Å². The first-order valence-electron chi connectivity index (χ1n) is 5.09. The van der Waals surface area contributed by atoms with E-state index in [0.29, 0.717) is 0 Å². The number of rotatable bonds is 4. The van der Waals surface area contributed by atoms with Crippen LogP contribution in [0, 0.1) is 11.3 Å². The van der Waals surface area contributed by atoms with Gasteiger partial charge in [-0.2, -0.15) is 5.26 Å². The van der Waals surface area contributed by atoms with Gasteiger partial charge in [-0.1, -0.05) is 0 Å². The maximum atomic E-state index is 12.4. The molecule has 0 fully saturated rings. The van der Waals surface area contributed by atoms with Crippen LogP contribution < -0.4 is 5.43 Å². The highest BCUT2D eigenvalue weighted by atomic mass is 19.3. The van der Waals surface area contributed by atoms with Crippen molar-refractivity contribution >= 4 is 5.97 Å². The lowest BCUT2D eigenvalue weighted by Gasteiger charge is -2.06. The summed E-state index contributed by atoms with van der Waals surface area (Å²) >= 11 is 0. The number of alkyl halides is 2. The first-order chi connectivity index (χ1) is 8.51. The average molecular weight is 256 g/mol. The average Bonchev–Trinajstić information content (AvgIpc) is 2.29. The Labute approximate surface area is 101 Å². The third kappa shape index (κ3) is 2.91. The SMILES string of the molecule is CCOC(=O)Cc1[nH]cc(C(F)F)c(=O)c1C#N. The van der Waals surface area contributed by atoms with Crippen LogP contribution in [-0.4, -0.2) is 17.6 Å². The molecule has 1 rings (SSSR count). The third-order valence-corrected chi connectivity index (χ3v) is 2.17. The van der Waals surface area contributed by atoms with E-state index in [4.69, 9.17) is 5.26 Å². The third-order valence-electron chi connectivity index (χ3n) is 2.17. The summed E-state index contributed by atoms with van der Waals surface area (Å²) in [5.41, 5.74) is -2.36. The van der Waals surface area contributed by atoms with Crippen LogP contribution in [0.5, 0.6) is 0 Å². The van der Waals surface area contributed by atoms with Gasteiger partial charge in [0, 0.05) is 11.9 Å². The molecule has 0 atom stereocenters. The van der Waals surface area contributed by atoms with Crippen LogP contribution in [0.2, 0.25) is 0 Å². The molecule has 0 aliphatic heterocycles. The van der Waals surface area contributed by atoms with Crippen LogP contribution in [-0.2, 0) is 16.0 Å². The second-order valence-corrected chi connectivity index (χ2v) is 3.32. The number of H-pyrrole nitrogens is 1. The number of esters is 1. The van der Waals surface area contributed by atoms with E-state index >= 15 is 0 Å². The van der Waals surface area contributed by atoms with Crippen LogP contribution in [0.25, 0.3) is 0 Å². The number of hydrogen-bond donors (Lipinski definition) is 1. The Morgan fingerprint density at radius 3 is 2.78 bits per heavy atom. The molecule has 0 aromatic carbocycles. The lowest BCUT2D eigenvalue weighted by atomic mass is 10.1. The van der Waals surface area contributed by atoms with E-state index in [1.54, 1.807) is 6.92 Å². The fourth-order valence-electron chi connectivity index (χ4n) is 1.36. The van der Waals surface area contributed by atoms with Crippen LogP contribution in [0.15, 0.2) is 11.0 Å². The molecule has 7 heteroatoms. The molecule has 5 nitrogen and oxygen atoms in total. The molecule has 96 valence electrons. The second kappa shape index (κ2) is 5.91. The van der Waals surface area contributed by atoms with Gasteiger partial charge in [0.2, 0.25) is 5.43 Å². The molecule has 0 aliphatic carbocycles. The van der Waals surface area contributed by atoms with Gasteiger partial charge in [0.25, 0.3) is 6.43 Å². The van der Waals surface area contributed by atoms with E-state index in [2.05, 4.69) is 9.72 Å². The van der Waals surface area contributed by atoms with Crippen LogP contribution in [0.4, 0.5) is 8.78 Å². The number of ether oxygens (including phenoxy) is 1. The van der Waals surface area contributed by atoms with Crippen LogP contribution in [0.1, 0.15) is 30.2 Å². The highest BCUT2D eigenvalue weighted by molar-refractivity contribution is 5.72. The van der Waals surface area contributed by atoms with Gasteiger partial charge in [-0.15, -0.1) is 0 Å². The molecule has 0 unspecified atom stereocenters. The number of nitrogens with one attached hydrogen (secondary N) is 1. The van der Waals surface area contributed by atoms with Gasteiger partial charge in [-0.3, -0.25) is 9.59 Å². The van der Waals surface area contributed by atoms with Crippen molar-refractivity contribution in [1.82, 2.24) is 4.98 Å². The minimum absolute atomic E-state index is 0.0228. The molecule has 0 spiro atoms. The largest absolute Gasteiger partial charge is 0.466 e. The minimum atomic E-state index is -2.97. The summed E-state index contributed by atoms with van der Waals surface area (Å²) in [7, 11) is 0. The van der Waals surface area contributed by atoms with E-state index in [-0.39, 0.29) is 18.7 Å². The van der Waals surface area contributed by atoms with Crippen molar-refractivity contribution < 1.29 is 18.3 Å². The zero-order chi connectivity index (χ0) is 13.7. The molecule has 1 heterocycles. The number of aromatic amines is 1. The first-order valence-corrected chi connectivity index (χ1v) is 5.09. The topological polar surface area (TPSA) is 83.0 Å². The molecular formula is C11H10F2N2O3. The van der Waals surface area contributed by atoms with E-state index in [0.717, 1.165) is 6.20 Å². The highest BCUT2D eigenvalue weighted by Crippen LogP contribution is 2.15. The predicted molar refractivity (Wildman–Crippen MR) is 57.1 cm³/mol. The Balaban J connectivity index is 3.16. The quantitative estimate of drug-likeness (QED) is 0.823. The fraction of sp³-hybridized carbons (Fsp3) is 0.364. The number of aromatic nitrogens is 1. The monoisotopic (exact) mass is 256 g/mol. The predicted octanol–water partition coefficient (Wildman–Crippen LogP) is 1.29. The number of pyridine rings is 1. The van der Waals surface area contributed by atoms with Crippen molar-refractivity contribution in [3.8, 4) is 6.07 Å². The molecule has 0 bridgehead atoms. The molecule has 0 saturated carbocycles. The Hall–Kier alpha value is -2.23. The molecule has 0 aliphatic rings. The van der Waals surface area contributed by atoms with Crippen LogP contribution >= 0.6 is 0 Å². The van der Waals surface area contributed by atoms with Crippen molar-refractivity contribution in [3.05, 3.63) is 33.2 Å². The summed E-state index contributed by atoms with van der Waals surface area (Å²) in [6, 6.07) is 1.52. The Kier molecular flexibility index (Phi) is 4.54. The van der Waals surface area contributed by atoms with Crippen molar-refractivity contribution in [2.45, 2.75) is 19.8 Å². The molecule has 1 aromatic heterocycles. The number of nitrogens with zero attached hydrogens (tertiary/aromatic N) is 1. The molecule has 0 radical (unpaired) electrons. The highest BCUT2D eigenvalue weighted by Gasteiger charge is 2.19. The zero-order valence-electron chi connectivity index (χ0n) is 9.50. The number of nitriles is 1. The van der Waals surface area contributed by atoms with E-state index < -0.39 is 29.0 Å². The number of carbonyl (C=O) groups is 1. The van der Waals surface area contributed by atoms with E-state index in [1.807, 2.05) is 0 Å². The molecular weight excluding hydrogens is 246 g/mol. The Bertz CT molecular complexity index is 546. The lowest BCUT2D eigenvalue weighted by Crippen LogP contribution is -2.19. The summed E-state index contributed by atoms with van der Waals surface area (Å²) < 4.78 is 29.5. The summed E-state index contributed by atoms with van der Waals surface area (Å²) in [5, 5.41) is 8.78. The number of carbonyl (C=O) groups excluding carboxylic acids is 1. The lowest BCUT2D eigenvalue weighted by molar-refractivity contribution is -0.142. The molecule has 1 aromatic rings. The van der Waals surface area contributed by atoms with Gasteiger partial charge in [-0.05, 0) is 6.92 Å². The van der Waals surface area contributed by atoms with Crippen molar-refractivity contribution in [2.24, 2.45) is 0 Å². The molecule has 1 N–H and O–H groups in total. The standard InChI is InChI=1S/C11H10F2N2O3/c1-2-18-9(16)3-8-6(4-14)10(17)7(5-15-8)11(12)13/h5,11H,2-3H2,1H3,(H,15,17). The summed E-state index contributed by atoms with van der Waals surface area (Å²) in [6.45, 7) is 1.76. The van der Waals surface area contributed by atoms with Gasteiger partial charge < -0.3 is 9.72 Å². The molecule has 0 amide bonds. The van der Waals surface area contributed by atoms with E-state index in [9.17, 15) is 18.4 Å². The maximum absolute atomic E-state index is 12.4.